The molecule has 2 amide bonds. The number of carbonyl (C=O) groups is 2. The number of nitrogens with zero attached hydrogens (tertiary/aromatic N) is 1. The molecule has 0 aliphatic heterocycles. The first kappa shape index (κ1) is 17.1. The second-order valence-corrected chi connectivity index (χ2v) is 8.10. The normalized spacial score (nSPS) is 24.6. The van der Waals surface area contributed by atoms with E-state index >= 15 is 0 Å². The molecule has 5 nitrogen and oxygen atoms in total. The Hall–Kier alpha value is -2.30. The van der Waals surface area contributed by atoms with Gasteiger partial charge in [-0.05, 0) is 68.4 Å². The highest BCUT2D eigenvalue weighted by Crippen LogP contribution is 2.49. The summed E-state index contributed by atoms with van der Waals surface area (Å²) >= 11 is 0. The second kappa shape index (κ2) is 6.45. The van der Waals surface area contributed by atoms with Crippen molar-refractivity contribution in [2.24, 2.45) is 11.3 Å². The van der Waals surface area contributed by atoms with E-state index in [0.29, 0.717) is 11.0 Å². The minimum atomic E-state index is -0.233. The highest BCUT2D eigenvalue weighted by Gasteiger charge is 2.40. The van der Waals surface area contributed by atoms with Gasteiger partial charge in [0.2, 0.25) is 0 Å². The van der Waals surface area contributed by atoms with Crippen LogP contribution in [-0.2, 0) is 0 Å². The van der Waals surface area contributed by atoms with Crippen LogP contribution in [0.3, 0.4) is 0 Å². The van der Waals surface area contributed by atoms with E-state index in [0.717, 1.165) is 28.9 Å². The van der Waals surface area contributed by atoms with Gasteiger partial charge in [0.1, 0.15) is 0 Å². The van der Waals surface area contributed by atoms with Gasteiger partial charge in [0, 0.05) is 25.2 Å². The van der Waals surface area contributed by atoms with Crippen molar-refractivity contribution in [3.8, 4) is 0 Å². The van der Waals surface area contributed by atoms with Crippen LogP contribution in [0.5, 0.6) is 0 Å². The first-order chi connectivity index (χ1) is 12.5. The minimum Gasteiger partial charge on any atom is -0.351 e. The van der Waals surface area contributed by atoms with E-state index in [1.807, 2.05) is 25.1 Å². The topological polar surface area (TPSA) is 63.1 Å². The summed E-state index contributed by atoms with van der Waals surface area (Å²) in [6.45, 7) is 2.73. The smallest absolute Gasteiger partial charge is 0.325 e. The maximum absolute atomic E-state index is 13.0. The van der Waals surface area contributed by atoms with Crippen LogP contribution in [-0.4, -0.2) is 30.1 Å². The summed E-state index contributed by atoms with van der Waals surface area (Å²) in [4.78, 5) is 25.2. The average molecular weight is 353 g/mol. The summed E-state index contributed by atoms with van der Waals surface area (Å²) in [6, 6.07) is 5.55. The summed E-state index contributed by atoms with van der Waals surface area (Å²) in [7, 11) is 1.60. The number of rotatable bonds is 3. The van der Waals surface area contributed by atoms with Crippen molar-refractivity contribution in [1.82, 2.24) is 15.2 Å². The number of fused-ring (bicyclic) bond motifs is 4. The van der Waals surface area contributed by atoms with Crippen LogP contribution in [0, 0.1) is 18.3 Å². The lowest BCUT2D eigenvalue weighted by Crippen LogP contribution is -2.43. The van der Waals surface area contributed by atoms with Crippen molar-refractivity contribution >= 4 is 22.8 Å². The Morgan fingerprint density at radius 2 is 1.88 bits per heavy atom. The van der Waals surface area contributed by atoms with E-state index in [9.17, 15) is 9.59 Å². The quantitative estimate of drug-likeness (QED) is 0.881. The van der Waals surface area contributed by atoms with Gasteiger partial charge in [-0.15, -0.1) is 0 Å². The second-order valence-electron chi connectivity index (χ2n) is 8.10. The van der Waals surface area contributed by atoms with Crippen LogP contribution in [0.15, 0.2) is 24.4 Å². The monoisotopic (exact) mass is 353 g/mol. The van der Waals surface area contributed by atoms with E-state index in [4.69, 9.17) is 0 Å². The average Bonchev–Trinajstić information content (AvgIpc) is 3.08. The molecule has 5 rings (SSSR count). The third-order valence-corrected chi connectivity index (χ3v) is 6.59. The van der Waals surface area contributed by atoms with Gasteiger partial charge in [-0.1, -0.05) is 12.1 Å². The summed E-state index contributed by atoms with van der Waals surface area (Å²) < 4.78 is 1.53. The Labute approximate surface area is 154 Å². The molecule has 0 atom stereocenters. The molecule has 2 aromatic rings. The summed E-state index contributed by atoms with van der Waals surface area (Å²) in [5.74, 6) is 0.842. The molecular weight excluding hydrogens is 326 g/mol. The number of hydrogen-bond donors (Lipinski definition) is 2. The van der Waals surface area contributed by atoms with Crippen LogP contribution in [0.25, 0.3) is 10.9 Å². The largest absolute Gasteiger partial charge is 0.351 e. The van der Waals surface area contributed by atoms with Crippen LogP contribution in [0.2, 0.25) is 0 Å². The lowest BCUT2D eigenvalue weighted by Gasteiger charge is -2.46. The fourth-order valence-electron chi connectivity index (χ4n) is 4.89. The van der Waals surface area contributed by atoms with Gasteiger partial charge in [-0.3, -0.25) is 9.36 Å². The van der Waals surface area contributed by atoms with E-state index in [2.05, 4.69) is 10.6 Å². The fourth-order valence-corrected chi connectivity index (χ4v) is 4.89. The van der Waals surface area contributed by atoms with Crippen molar-refractivity contribution < 1.29 is 9.59 Å². The molecule has 0 saturated heterocycles. The minimum absolute atomic E-state index is 0.0750. The van der Waals surface area contributed by atoms with Crippen molar-refractivity contribution in [2.45, 2.75) is 45.4 Å². The molecule has 26 heavy (non-hydrogen) atoms. The molecule has 1 heterocycles. The van der Waals surface area contributed by atoms with Gasteiger partial charge >= 0.3 is 6.03 Å². The third-order valence-electron chi connectivity index (χ3n) is 6.59. The maximum atomic E-state index is 13.0. The van der Waals surface area contributed by atoms with Crippen molar-refractivity contribution in [3.05, 3.63) is 35.5 Å². The van der Waals surface area contributed by atoms with Gasteiger partial charge in [0.15, 0.2) is 0 Å². The molecule has 3 saturated carbocycles. The number of benzene rings is 1. The highest BCUT2D eigenvalue weighted by molar-refractivity contribution is 6.10. The Kier molecular flexibility index (Phi) is 4.25. The van der Waals surface area contributed by atoms with E-state index < -0.39 is 0 Å². The molecule has 1 aromatic carbocycles. The lowest BCUT2D eigenvalue weighted by molar-refractivity contribution is 0.0598. The van der Waals surface area contributed by atoms with E-state index in [1.165, 1.54) is 43.1 Å². The molecule has 1 aromatic heterocycles. The number of hydrogen-bond acceptors (Lipinski definition) is 2. The zero-order valence-corrected chi connectivity index (χ0v) is 15.6. The Morgan fingerprint density at radius 1 is 1.19 bits per heavy atom. The van der Waals surface area contributed by atoms with Crippen molar-refractivity contribution in [3.63, 3.8) is 0 Å². The third kappa shape index (κ3) is 2.79. The first-order valence-electron chi connectivity index (χ1n) is 9.64. The Balaban J connectivity index is 1.61. The number of amides is 2. The number of aryl methyl sites for hydroxylation is 1. The van der Waals surface area contributed by atoms with Gasteiger partial charge in [0.25, 0.3) is 5.91 Å². The number of carbonyl (C=O) groups excluding carboxylic acids is 2. The number of aromatic nitrogens is 1. The molecular formula is C21H27N3O2. The fraction of sp³-hybridized carbons (Fsp3) is 0.524. The van der Waals surface area contributed by atoms with Gasteiger partial charge < -0.3 is 10.6 Å². The maximum Gasteiger partial charge on any atom is 0.325 e. The zero-order valence-electron chi connectivity index (χ0n) is 15.6. The van der Waals surface area contributed by atoms with E-state index in [-0.39, 0.29) is 11.9 Å². The summed E-state index contributed by atoms with van der Waals surface area (Å²) in [5.41, 5.74) is 2.65. The molecule has 2 bridgehead atoms. The van der Waals surface area contributed by atoms with Crippen LogP contribution in [0.4, 0.5) is 4.79 Å². The van der Waals surface area contributed by atoms with Crippen molar-refractivity contribution in [2.75, 3.05) is 13.6 Å². The molecule has 3 aliphatic carbocycles. The van der Waals surface area contributed by atoms with Gasteiger partial charge in [-0.25, -0.2) is 4.79 Å². The van der Waals surface area contributed by atoms with E-state index in [1.54, 1.807) is 13.2 Å². The highest BCUT2D eigenvalue weighted by atomic mass is 16.2. The number of nitrogens with one attached hydrogen (secondary N) is 2. The zero-order chi connectivity index (χ0) is 18.3. The molecule has 138 valence electrons. The van der Waals surface area contributed by atoms with Crippen LogP contribution >= 0.6 is 0 Å². The Morgan fingerprint density at radius 3 is 2.54 bits per heavy atom. The molecule has 0 unspecified atom stereocenters. The lowest BCUT2D eigenvalue weighted by atomic mass is 9.61. The molecule has 5 heteroatoms. The molecule has 0 radical (unpaired) electrons. The Bertz CT molecular complexity index is 846. The standard InChI is InChI=1S/C21H27N3O2/c1-14-4-3-5-17-18(14)16(12-24(17)20(26)22-2)19(25)23-13-21-9-6-15(7-10-21)8-11-21/h3-5,12,15H,6-11,13H2,1-2H3,(H,22,26)(H,23,25). The first-order valence-corrected chi connectivity index (χ1v) is 9.64. The SMILES string of the molecule is CNC(=O)n1cc(C(=O)NCC23CCC(CC2)CC3)c2c(C)cccc21. The van der Waals surface area contributed by atoms with Gasteiger partial charge in [-0.2, -0.15) is 0 Å². The molecule has 3 fully saturated rings. The predicted molar refractivity (Wildman–Crippen MR) is 102 cm³/mol. The molecule has 3 aliphatic rings. The van der Waals surface area contributed by atoms with Crippen LogP contribution in [0.1, 0.15) is 54.4 Å². The summed E-state index contributed by atoms with van der Waals surface area (Å²) in [5, 5.41) is 6.69. The van der Waals surface area contributed by atoms with Crippen molar-refractivity contribution in [1.29, 1.82) is 0 Å². The summed E-state index contributed by atoms with van der Waals surface area (Å²) in [6.07, 6.45) is 9.30. The molecule has 2 N–H and O–H groups in total. The molecule has 0 spiro atoms. The predicted octanol–water partition coefficient (Wildman–Crippen LogP) is 3.84. The van der Waals surface area contributed by atoms with Gasteiger partial charge in [0.05, 0.1) is 11.1 Å². The van der Waals surface area contributed by atoms with Crippen LogP contribution < -0.4 is 10.6 Å².